The fourth-order valence-corrected chi connectivity index (χ4v) is 6.47. The van der Waals surface area contributed by atoms with Gasteiger partial charge in [-0.15, -0.1) is 0 Å². The lowest BCUT2D eigenvalue weighted by Gasteiger charge is -2.29. The molecule has 1 aromatic heterocycles. The van der Waals surface area contributed by atoms with E-state index in [1.807, 2.05) is 30.3 Å². The summed E-state index contributed by atoms with van der Waals surface area (Å²) >= 11 is 0. The van der Waals surface area contributed by atoms with Crippen molar-refractivity contribution in [3.05, 3.63) is 152 Å². The van der Waals surface area contributed by atoms with Gasteiger partial charge in [0.05, 0.1) is 5.69 Å². The molecule has 3 nitrogen and oxygen atoms in total. The number of ether oxygens (including phenoxy) is 1. The van der Waals surface area contributed by atoms with Gasteiger partial charge >= 0.3 is 0 Å². The maximum atomic E-state index is 6.42. The van der Waals surface area contributed by atoms with Crippen LogP contribution in [0.5, 0.6) is 11.5 Å². The molecule has 0 N–H and O–H groups in total. The van der Waals surface area contributed by atoms with Crippen molar-refractivity contribution in [3.63, 3.8) is 0 Å². The van der Waals surface area contributed by atoms with Gasteiger partial charge in [0.15, 0.2) is 0 Å². The minimum atomic E-state index is 0.865. The highest BCUT2D eigenvalue weighted by atomic mass is 16.5. The van der Waals surface area contributed by atoms with Crippen molar-refractivity contribution < 1.29 is 9.15 Å². The third kappa shape index (κ3) is 3.75. The molecule has 0 saturated heterocycles. The monoisotopic (exact) mass is 551 g/mol. The predicted molar refractivity (Wildman–Crippen MR) is 177 cm³/mol. The molecule has 202 valence electrons. The van der Waals surface area contributed by atoms with Crippen LogP contribution in [0.4, 0.5) is 17.1 Å². The molecule has 9 rings (SSSR count). The summed E-state index contributed by atoms with van der Waals surface area (Å²) < 4.78 is 12.8. The largest absolute Gasteiger partial charge is 0.456 e. The first-order valence-electron chi connectivity index (χ1n) is 14.5. The molecule has 0 atom stereocenters. The smallest absolute Gasteiger partial charge is 0.137 e. The Hall–Kier alpha value is -5.80. The highest BCUT2D eigenvalue weighted by molar-refractivity contribution is 6.12. The molecule has 43 heavy (non-hydrogen) atoms. The zero-order valence-corrected chi connectivity index (χ0v) is 23.2. The Bertz CT molecular complexity index is 2320. The van der Waals surface area contributed by atoms with Gasteiger partial charge in [-0.05, 0) is 65.2 Å². The first kappa shape index (κ1) is 23.9. The first-order valence-corrected chi connectivity index (χ1v) is 14.5. The number of rotatable bonds is 4. The zero-order chi connectivity index (χ0) is 28.3. The summed E-state index contributed by atoms with van der Waals surface area (Å²) in [5, 5.41) is 4.48. The quantitative estimate of drug-likeness (QED) is 0.218. The normalized spacial score (nSPS) is 11.9. The molecule has 0 fully saturated rings. The first-order chi connectivity index (χ1) is 21.3. The van der Waals surface area contributed by atoms with E-state index in [-0.39, 0.29) is 0 Å². The number of anilines is 3. The molecular weight excluding hydrogens is 526 g/mol. The fourth-order valence-electron chi connectivity index (χ4n) is 6.47. The second-order valence-corrected chi connectivity index (χ2v) is 10.9. The van der Waals surface area contributed by atoms with Crippen LogP contribution in [0, 0.1) is 0 Å². The molecule has 0 unspecified atom stereocenters. The Morgan fingerprint density at radius 1 is 0.419 bits per heavy atom. The van der Waals surface area contributed by atoms with E-state index in [4.69, 9.17) is 9.15 Å². The van der Waals surface area contributed by atoms with Crippen LogP contribution < -0.4 is 9.64 Å². The van der Waals surface area contributed by atoms with Crippen LogP contribution in [-0.2, 0) is 0 Å². The van der Waals surface area contributed by atoms with E-state index in [0.717, 1.165) is 66.8 Å². The predicted octanol–water partition coefficient (Wildman–Crippen LogP) is 11.6. The van der Waals surface area contributed by atoms with E-state index in [0.29, 0.717) is 0 Å². The van der Waals surface area contributed by atoms with Gasteiger partial charge in [-0.2, -0.15) is 0 Å². The molecule has 0 bridgehead atoms. The average Bonchev–Trinajstić information content (AvgIpc) is 3.44. The van der Waals surface area contributed by atoms with Crippen molar-refractivity contribution in [1.29, 1.82) is 0 Å². The molecule has 0 spiro atoms. The molecule has 7 aromatic carbocycles. The Labute approximate surface area is 248 Å². The van der Waals surface area contributed by atoms with Crippen molar-refractivity contribution >= 4 is 49.8 Å². The number of para-hydroxylation sites is 2. The molecule has 3 heteroatoms. The maximum Gasteiger partial charge on any atom is 0.137 e. The lowest BCUT2D eigenvalue weighted by Crippen LogP contribution is -2.11. The summed E-state index contributed by atoms with van der Waals surface area (Å²) in [5.41, 5.74) is 9.59. The van der Waals surface area contributed by atoms with E-state index in [1.165, 1.54) is 16.7 Å². The van der Waals surface area contributed by atoms with Crippen LogP contribution in [-0.4, -0.2) is 0 Å². The maximum absolute atomic E-state index is 6.42. The number of nitrogens with zero attached hydrogens (tertiary/aromatic N) is 1. The van der Waals surface area contributed by atoms with Crippen molar-refractivity contribution in [1.82, 2.24) is 0 Å². The Balaban J connectivity index is 1.27. The molecule has 0 radical (unpaired) electrons. The molecule has 0 aliphatic carbocycles. The molecule has 2 heterocycles. The standard InChI is InChI=1S/C40H25NO2/c1-2-9-26(10-3-1)27-17-19-28(20-18-27)41(29-21-22-32-30-11-4-6-14-36(30)43-39(32)25-29)35-24-23-33-31-12-5-7-15-37(31)42-38-16-8-13-34(35)40(33)38/h1-25H. The SMILES string of the molecule is c1ccc(-c2ccc(N(c3ccc4c(c3)oc3ccccc34)c3ccc4c5c(cccc35)Oc3ccccc3-4)cc2)cc1. The van der Waals surface area contributed by atoms with Gasteiger partial charge in [0.1, 0.15) is 22.7 Å². The highest BCUT2D eigenvalue weighted by Crippen LogP contribution is 2.50. The minimum absolute atomic E-state index is 0.865. The van der Waals surface area contributed by atoms with E-state index >= 15 is 0 Å². The summed E-state index contributed by atoms with van der Waals surface area (Å²) in [4.78, 5) is 2.32. The van der Waals surface area contributed by atoms with Gasteiger partial charge in [-0.1, -0.05) is 97.1 Å². The van der Waals surface area contributed by atoms with Crippen LogP contribution >= 0.6 is 0 Å². The van der Waals surface area contributed by atoms with Crippen molar-refractivity contribution in [2.75, 3.05) is 4.90 Å². The van der Waals surface area contributed by atoms with Crippen molar-refractivity contribution in [3.8, 4) is 33.8 Å². The molecule has 8 aromatic rings. The lowest BCUT2D eigenvalue weighted by atomic mass is 9.93. The van der Waals surface area contributed by atoms with E-state index in [9.17, 15) is 0 Å². The Kier molecular flexibility index (Phi) is 5.20. The lowest BCUT2D eigenvalue weighted by molar-refractivity contribution is 0.487. The number of benzene rings is 7. The topological polar surface area (TPSA) is 25.6 Å². The minimum Gasteiger partial charge on any atom is -0.456 e. The summed E-state index contributed by atoms with van der Waals surface area (Å²) in [5.74, 6) is 1.76. The van der Waals surface area contributed by atoms with E-state index in [2.05, 4.69) is 126 Å². The van der Waals surface area contributed by atoms with Gasteiger partial charge in [-0.3, -0.25) is 0 Å². The van der Waals surface area contributed by atoms with Gasteiger partial charge in [0, 0.05) is 44.5 Å². The average molecular weight is 552 g/mol. The molecular formula is C40H25NO2. The number of fused-ring (bicyclic) bond motifs is 5. The van der Waals surface area contributed by atoms with Gasteiger partial charge in [0.2, 0.25) is 0 Å². The summed E-state index contributed by atoms with van der Waals surface area (Å²) in [6.45, 7) is 0. The number of hydrogen-bond donors (Lipinski definition) is 0. The van der Waals surface area contributed by atoms with Crippen LogP contribution in [0.2, 0.25) is 0 Å². The van der Waals surface area contributed by atoms with Crippen molar-refractivity contribution in [2.24, 2.45) is 0 Å². The molecule has 1 aliphatic heterocycles. The Morgan fingerprint density at radius 2 is 1.12 bits per heavy atom. The second-order valence-electron chi connectivity index (χ2n) is 10.9. The second kappa shape index (κ2) is 9.37. The highest BCUT2D eigenvalue weighted by Gasteiger charge is 2.24. The Morgan fingerprint density at radius 3 is 2.02 bits per heavy atom. The van der Waals surface area contributed by atoms with Gasteiger partial charge in [0.25, 0.3) is 0 Å². The van der Waals surface area contributed by atoms with E-state index < -0.39 is 0 Å². The summed E-state index contributed by atoms with van der Waals surface area (Å²) in [7, 11) is 0. The van der Waals surface area contributed by atoms with Crippen LogP contribution in [0.15, 0.2) is 156 Å². The molecule has 1 aliphatic rings. The van der Waals surface area contributed by atoms with Crippen LogP contribution in [0.25, 0.3) is 55.0 Å². The molecule has 0 saturated carbocycles. The fraction of sp³-hybridized carbons (Fsp3) is 0. The zero-order valence-electron chi connectivity index (χ0n) is 23.2. The van der Waals surface area contributed by atoms with Crippen molar-refractivity contribution in [2.45, 2.75) is 0 Å². The van der Waals surface area contributed by atoms with Gasteiger partial charge in [-0.25, -0.2) is 0 Å². The van der Waals surface area contributed by atoms with Crippen LogP contribution in [0.1, 0.15) is 0 Å². The third-order valence-electron chi connectivity index (χ3n) is 8.47. The number of furan rings is 1. The summed E-state index contributed by atoms with van der Waals surface area (Å²) in [6.07, 6.45) is 0. The third-order valence-corrected chi connectivity index (χ3v) is 8.47. The summed E-state index contributed by atoms with van der Waals surface area (Å²) in [6, 6.07) is 53.1. The van der Waals surface area contributed by atoms with Crippen LogP contribution in [0.3, 0.4) is 0 Å². The number of hydrogen-bond acceptors (Lipinski definition) is 3. The molecule has 0 amide bonds. The van der Waals surface area contributed by atoms with Gasteiger partial charge < -0.3 is 14.1 Å². The van der Waals surface area contributed by atoms with E-state index in [1.54, 1.807) is 0 Å².